The number of aryl methyl sites for hydroxylation is 1. The number of nitrogens with zero attached hydrogens (tertiary/aromatic N) is 3. The van der Waals surface area contributed by atoms with E-state index in [0.717, 1.165) is 0 Å². The van der Waals surface area contributed by atoms with Crippen LogP contribution in [-0.4, -0.2) is 28.4 Å². The third-order valence-electron chi connectivity index (χ3n) is 4.20. The predicted molar refractivity (Wildman–Crippen MR) is 96.2 cm³/mol. The van der Waals surface area contributed by atoms with Crippen LogP contribution in [0.4, 0.5) is 4.39 Å². The van der Waals surface area contributed by atoms with Gasteiger partial charge in [-0.1, -0.05) is 6.07 Å². The summed E-state index contributed by atoms with van der Waals surface area (Å²) in [6.45, 7) is 1.58. The van der Waals surface area contributed by atoms with Crippen LogP contribution in [0.1, 0.15) is 35.2 Å². The molecule has 1 unspecified atom stereocenters. The molecule has 0 spiro atoms. The summed E-state index contributed by atoms with van der Waals surface area (Å²) in [7, 11) is 1.45. The van der Waals surface area contributed by atoms with E-state index in [1.807, 2.05) is 0 Å². The van der Waals surface area contributed by atoms with Crippen molar-refractivity contribution in [3.8, 4) is 22.9 Å². The minimum Gasteiger partial charge on any atom is -0.496 e. The van der Waals surface area contributed by atoms with E-state index < -0.39 is 17.7 Å². The van der Waals surface area contributed by atoms with Crippen molar-refractivity contribution in [2.45, 2.75) is 19.3 Å². The number of ether oxygens (including phenoxy) is 1. The maximum absolute atomic E-state index is 14.5. The molecular weight excluding hydrogens is 365 g/mol. The highest BCUT2D eigenvalue weighted by molar-refractivity contribution is 5.77. The minimum absolute atomic E-state index is 0.0805. The zero-order valence-electron chi connectivity index (χ0n) is 15.1. The number of carbonyl (C=O) groups is 1. The summed E-state index contributed by atoms with van der Waals surface area (Å²) in [6.07, 6.45) is -0.360. The minimum atomic E-state index is -1.10. The molecule has 2 aromatic carbocycles. The number of nitriles is 1. The van der Waals surface area contributed by atoms with Crippen LogP contribution >= 0.6 is 0 Å². The van der Waals surface area contributed by atoms with Crippen LogP contribution in [0.2, 0.25) is 0 Å². The molecule has 0 saturated carbocycles. The number of aliphatic carboxylic acids is 1. The Labute approximate surface area is 160 Å². The maximum Gasteiger partial charge on any atom is 0.304 e. The van der Waals surface area contributed by atoms with Crippen LogP contribution in [0.3, 0.4) is 0 Å². The first-order valence-corrected chi connectivity index (χ1v) is 8.32. The zero-order chi connectivity index (χ0) is 20.3. The highest BCUT2D eigenvalue weighted by atomic mass is 19.1. The molecule has 142 valence electrons. The lowest BCUT2D eigenvalue weighted by atomic mass is 9.90. The number of methoxy groups -OCH3 is 1. The first-order chi connectivity index (χ1) is 13.4. The van der Waals surface area contributed by atoms with Crippen molar-refractivity contribution < 1.29 is 23.4 Å². The van der Waals surface area contributed by atoms with Crippen LogP contribution in [0.15, 0.2) is 40.8 Å². The Morgan fingerprint density at radius 3 is 2.75 bits per heavy atom. The third-order valence-corrected chi connectivity index (χ3v) is 4.20. The Morgan fingerprint density at radius 2 is 2.14 bits per heavy atom. The van der Waals surface area contributed by atoms with Crippen molar-refractivity contribution in [1.29, 1.82) is 5.26 Å². The number of halogens is 1. The summed E-state index contributed by atoms with van der Waals surface area (Å²) in [6, 6.07) is 11.1. The van der Waals surface area contributed by atoms with E-state index in [1.165, 1.54) is 19.2 Å². The number of carboxylic acid groups (broad SMARTS) is 1. The van der Waals surface area contributed by atoms with Crippen LogP contribution in [0.5, 0.6) is 5.75 Å². The van der Waals surface area contributed by atoms with Crippen molar-refractivity contribution in [1.82, 2.24) is 10.2 Å². The quantitative estimate of drug-likeness (QED) is 0.694. The fourth-order valence-electron chi connectivity index (χ4n) is 3.03. The number of hydrogen-bond acceptors (Lipinski definition) is 6. The summed E-state index contributed by atoms with van der Waals surface area (Å²) in [5.41, 5.74) is 1.45. The molecular formula is C20H16FN3O4. The Bertz CT molecular complexity index is 1070. The summed E-state index contributed by atoms with van der Waals surface area (Å²) >= 11 is 0. The summed E-state index contributed by atoms with van der Waals surface area (Å²) < 4.78 is 25.2. The lowest BCUT2D eigenvalue weighted by Gasteiger charge is -2.15. The van der Waals surface area contributed by atoms with Crippen molar-refractivity contribution in [2.24, 2.45) is 0 Å². The number of hydrogen-bond donors (Lipinski definition) is 1. The molecule has 28 heavy (non-hydrogen) atoms. The summed E-state index contributed by atoms with van der Waals surface area (Å²) in [4.78, 5) is 11.4. The van der Waals surface area contributed by atoms with Crippen molar-refractivity contribution in [2.75, 3.05) is 7.11 Å². The molecule has 0 bridgehead atoms. The van der Waals surface area contributed by atoms with Gasteiger partial charge in [0.15, 0.2) is 0 Å². The van der Waals surface area contributed by atoms with Gasteiger partial charge in [-0.15, -0.1) is 10.2 Å². The van der Waals surface area contributed by atoms with Crippen LogP contribution < -0.4 is 4.74 Å². The Kier molecular flexibility index (Phi) is 5.36. The van der Waals surface area contributed by atoms with E-state index in [1.54, 1.807) is 31.2 Å². The molecule has 1 aromatic heterocycles. The van der Waals surface area contributed by atoms with Gasteiger partial charge >= 0.3 is 5.97 Å². The predicted octanol–water partition coefficient (Wildman–Crippen LogP) is 3.67. The van der Waals surface area contributed by atoms with Crippen molar-refractivity contribution in [3.05, 3.63) is 65.1 Å². The van der Waals surface area contributed by atoms with Gasteiger partial charge in [0.1, 0.15) is 11.6 Å². The van der Waals surface area contributed by atoms with Crippen LogP contribution in [-0.2, 0) is 4.79 Å². The lowest BCUT2D eigenvalue weighted by molar-refractivity contribution is -0.137. The number of benzene rings is 2. The molecule has 3 rings (SSSR count). The maximum atomic E-state index is 14.5. The van der Waals surface area contributed by atoms with Crippen molar-refractivity contribution >= 4 is 5.97 Å². The Hall–Kier alpha value is -3.73. The van der Waals surface area contributed by atoms with Gasteiger partial charge in [-0.05, 0) is 41.5 Å². The third kappa shape index (κ3) is 3.83. The van der Waals surface area contributed by atoms with Gasteiger partial charge in [0.25, 0.3) is 0 Å². The molecule has 0 radical (unpaired) electrons. The molecule has 7 nitrogen and oxygen atoms in total. The second kappa shape index (κ2) is 7.88. The molecule has 0 aliphatic carbocycles. The van der Waals surface area contributed by atoms with E-state index in [4.69, 9.17) is 9.15 Å². The lowest BCUT2D eigenvalue weighted by Crippen LogP contribution is -2.09. The topological polar surface area (TPSA) is 109 Å². The molecule has 0 saturated heterocycles. The van der Waals surface area contributed by atoms with Gasteiger partial charge in [-0.25, -0.2) is 4.39 Å². The normalized spacial score (nSPS) is 11.6. The zero-order valence-corrected chi connectivity index (χ0v) is 15.1. The fraction of sp³-hybridized carbons (Fsp3) is 0.200. The van der Waals surface area contributed by atoms with Gasteiger partial charge in [0.05, 0.1) is 31.1 Å². The van der Waals surface area contributed by atoms with Gasteiger partial charge < -0.3 is 14.3 Å². The van der Waals surface area contributed by atoms with E-state index in [2.05, 4.69) is 16.3 Å². The molecule has 0 aliphatic heterocycles. The molecule has 1 N–H and O–H groups in total. The monoisotopic (exact) mass is 381 g/mol. The van der Waals surface area contributed by atoms with E-state index in [0.29, 0.717) is 28.0 Å². The van der Waals surface area contributed by atoms with E-state index >= 15 is 0 Å². The highest BCUT2D eigenvalue weighted by Gasteiger charge is 2.25. The standard InChI is InChI=1S/C20H16FN3O4/c1-11-23-24-20(28-11)16(9-18(25)26)13-6-14(8-15(21)7-13)19-12(10-22)4-3-5-17(19)27-2/h3-8,16H,9H2,1-2H3,(H,25,26). The largest absolute Gasteiger partial charge is 0.496 e. The van der Waals surface area contributed by atoms with Crippen LogP contribution in [0.25, 0.3) is 11.1 Å². The SMILES string of the molecule is COc1cccc(C#N)c1-c1cc(F)cc(C(CC(=O)O)c2nnc(C)o2)c1. The summed E-state index contributed by atoms with van der Waals surface area (Å²) in [5, 5.41) is 26.4. The van der Waals surface area contributed by atoms with Gasteiger partial charge in [-0.3, -0.25) is 4.79 Å². The molecule has 1 heterocycles. The first kappa shape index (κ1) is 19.0. The Balaban J connectivity index is 2.19. The van der Waals surface area contributed by atoms with Gasteiger partial charge in [0, 0.05) is 12.5 Å². The van der Waals surface area contributed by atoms with E-state index in [-0.39, 0.29) is 18.2 Å². The average Bonchev–Trinajstić information content (AvgIpc) is 3.10. The second-order valence-electron chi connectivity index (χ2n) is 6.08. The fourth-order valence-corrected chi connectivity index (χ4v) is 3.03. The highest BCUT2D eigenvalue weighted by Crippen LogP contribution is 2.37. The summed E-state index contributed by atoms with van der Waals surface area (Å²) in [5.74, 6) is -1.77. The van der Waals surface area contributed by atoms with Crippen LogP contribution in [0, 0.1) is 24.1 Å². The molecule has 0 aliphatic rings. The molecule has 0 fully saturated rings. The molecule has 0 amide bonds. The number of rotatable bonds is 6. The second-order valence-corrected chi connectivity index (χ2v) is 6.08. The number of aromatic nitrogens is 2. The van der Waals surface area contributed by atoms with Gasteiger partial charge in [-0.2, -0.15) is 5.26 Å². The molecule has 3 aromatic rings. The number of carboxylic acids is 1. The average molecular weight is 381 g/mol. The van der Waals surface area contributed by atoms with E-state index in [9.17, 15) is 19.6 Å². The van der Waals surface area contributed by atoms with Gasteiger partial charge in [0.2, 0.25) is 11.8 Å². The molecule has 8 heteroatoms. The smallest absolute Gasteiger partial charge is 0.304 e. The Morgan fingerprint density at radius 1 is 1.36 bits per heavy atom. The first-order valence-electron chi connectivity index (χ1n) is 8.32. The van der Waals surface area contributed by atoms with Crippen molar-refractivity contribution in [3.63, 3.8) is 0 Å². The molecule has 1 atom stereocenters.